The molecule has 2 aromatic carbocycles. The lowest BCUT2D eigenvalue weighted by Gasteiger charge is -2.20. The molecule has 0 aromatic heterocycles. The second-order valence-corrected chi connectivity index (χ2v) is 5.63. The Bertz CT molecular complexity index is 785. The second-order valence-electron chi connectivity index (χ2n) is 5.63. The number of fused-ring (bicyclic) bond motifs is 1. The topological polar surface area (TPSA) is 65.1 Å². The first-order valence-corrected chi connectivity index (χ1v) is 7.89. The molecule has 0 radical (unpaired) electrons. The Morgan fingerprint density at radius 1 is 1.16 bits per heavy atom. The van der Waals surface area contributed by atoms with Crippen LogP contribution in [0.3, 0.4) is 0 Å². The Morgan fingerprint density at radius 2 is 1.92 bits per heavy atom. The van der Waals surface area contributed by atoms with Gasteiger partial charge in [-0.2, -0.15) is 0 Å². The average molecular weight is 341 g/mol. The predicted octanol–water partition coefficient (Wildman–Crippen LogP) is 2.52. The van der Waals surface area contributed by atoms with Crippen molar-refractivity contribution in [1.29, 1.82) is 0 Å². The van der Waals surface area contributed by atoms with Gasteiger partial charge in [0.15, 0.2) is 0 Å². The third-order valence-corrected chi connectivity index (χ3v) is 4.07. The van der Waals surface area contributed by atoms with Crippen molar-refractivity contribution in [3.63, 3.8) is 0 Å². The molecule has 6 heteroatoms. The van der Waals surface area contributed by atoms with Crippen LogP contribution in [0.25, 0.3) is 0 Å². The van der Waals surface area contributed by atoms with E-state index >= 15 is 0 Å². The standard InChI is InChI=1S/C19H19NO5/c1-23-15-6-3-13(4-7-15)12-20-9-10-25-17-8-5-14(19(22)24-2)11-16(17)18(20)21/h3-8,11H,9-10,12H2,1-2H3. The molecule has 1 amide bonds. The highest BCUT2D eigenvalue weighted by atomic mass is 16.5. The molecule has 0 bridgehead atoms. The minimum absolute atomic E-state index is 0.172. The molecule has 0 saturated carbocycles. The molecule has 1 aliphatic rings. The van der Waals surface area contributed by atoms with E-state index in [0.29, 0.717) is 36.6 Å². The van der Waals surface area contributed by atoms with Crippen molar-refractivity contribution in [3.05, 3.63) is 59.2 Å². The molecule has 6 nitrogen and oxygen atoms in total. The fourth-order valence-electron chi connectivity index (χ4n) is 2.71. The van der Waals surface area contributed by atoms with Crippen molar-refractivity contribution in [1.82, 2.24) is 4.90 Å². The molecule has 0 aliphatic carbocycles. The first-order chi connectivity index (χ1) is 12.1. The Balaban J connectivity index is 1.85. The maximum atomic E-state index is 12.9. The summed E-state index contributed by atoms with van der Waals surface area (Å²) >= 11 is 0. The monoisotopic (exact) mass is 341 g/mol. The molecule has 1 aliphatic heterocycles. The van der Waals surface area contributed by atoms with Crippen LogP contribution in [0.5, 0.6) is 11.5 Å². The summed E-state index contributed by atoms with van der Waals surface area (Å²) in [6.45, 7) is 1.31. The minimum Gasteiger partial charge on any atom is -0.497 e. The number of methoxy groups -OCH3 is 2. The fraction of sp³-hybridized carbons (Fsp3) is 0.263. The van der Waals surface area contributed by atoms with E-state index in [0.717, 1.165) is 11.3 Å². The highest BCUT2D eigenvalue weighted by Crippen LogP contribution is 2.26. The van der Waals surface area contributed by atoms with Gasteiger partial charge in [-0.15, -0.1) is 0 Å². The average Bonchev–Trinajstić information content (AvgIpc) is 2.81. The predicted molar refractivity (Wildman–Crippen MR) is 91.0 cm³/mol. The first-order valence-electron chi connectivity index (χ1n) is 7.89. The van der Waals surface area contributed by atoms with Crippen molar-refractivity contribution in [2.45, 2.75) is 6.54 Å². The van der Waals surface area contributed by atoms with E-state index in [1.807, 2.05) is 24.3 Å². The van der Waals surface area contributed by atoms with Crippen LogP contribution in [-0.2, 0) is 11.3 Å². The van der Waals surface area contributed by atoms with E-state index in [2.05, 4.69) is 0 Å². The van der Waals surface area contributed by atoms with E-state index in [9.17, 15) is 9.59 Å². The number of carbonyl (C=O) groups excluding carboxylic acids is 2. The van der Waals surface area contributed by atoms with E-state index in [-0.39, 0.29) is 5.91 Å². The van der Waals surface area contributed by atoms with Gasteiger partial charge in [-0.05, 0) is 35.9 Å². The van der Waals surface area contributed by atoms with Crippen LogP contribution in [0.4, 0.5) is 0 Å². The molecule has 0 unspecified atom stereocenters. The van der Waals surface area contributed by atoms with Gasteiger partial charge in [0, 0.05) is 6.54 Å². The maximum absolute atomic E-state index is 12.9. The number of hydrogen-bond donors (Lipinski definition) is 0. The number of amides is 1. The van der Waals surface area contributed by atoms with Crippen LogP contribution >= 0.6 is 0 Å². The van der Waals surface area contributed by atoms with Crippen molar-refractivity contribution in [2.75, 3.05) is 27.4 Å². The number of ether oxygens (including phenoxy) is 3. The van der Waals surface area contributed by atoms with Crippen LogP contribution in [0, 0.1) is 0 Å². The van der Waals surface area contributed by atoms with E-state index in [1.54, 1.807) is 24.1 Å². The van der Waals surface area contributed by atoms with Crippen molar-refractivity contribution >= 4 is 11.9 Å². The molecule has 25 heavy (non-hydrogen) atoms. The molecule has 1 heterocycles. The van der Waals surface area contributed by atoms with Crippen molar-refractivity contribution in [3.8, 4) is 11.5 Å². The lowest BCUT2D eigenvalue weighted by molar-refractivity contribution is 0.0600. The highest BCUT2D eigenvalue weighted by Gasteiger charge is 2.25. The summed E-state index contributed by atoms with van der Waals surface area (Å²) in [4.78, 5) is 26.3. The molecule has 3 rings (SSSR count). The summed E-state index contributed by atoms with van der Waals surface area (Å²) in [5.41, 5.74) is 1.68. The van der Waals surface area contributed by atoms with Gasteiger partial charge < -0.3 is 19.1 Å². The molecular formula is C19H19NO5. The summed E-state index contributed by atoms with van der Waals surface area (Å²) in [6.07, 6.45) is 0. The molecule has 0 spiro atoms. The van der Waals surface area contributed by atoms with Crippen LogP contribution in [0.15, 0.2) is 42.5 Å². The maximum Gasteiger partial charge on any atom is 0.337 e. The largest absolute Gasteiger partial charge is 0.497 e. The highest BCUT2D eigenvalue weighted by molar-refractivity contribution is 6.00. The summed E-state index contributed by atoms with van der Waals surface area (Å²) in [7, 11) is 2.92. The Kier molecular flexibility index (Phi) is 4.88. The smallest absolute Gasteiger partial charge is 0.337 e. The number of esters is 1. The van der Waals surface area contributed by atoms with Gasteiger partial charge in [0.05, 0.1) is 31.9 Å². The van der Waals surface area contributed by atoms with Crippen LogP contribution in [0.1, 0.15) is 26.3 Å². The molecule has 130 valence electrons. The molecule has 0 fully saturated rings. The Morgan fingerprint density at radius 3 is 2.60 bits per heavy atom. The van der Waals surface area contributed by atoms with Crippen LogP contribution in [-0.4, -0.2) is 44.1 Å². The van der Waals surface area contributed by atoms with Gasteiger partial charge in [0.1, 0.15) is 18.1 Å². The summed E-state index contributed by atoms with van der Waals surface area (Å²) in [5, 5.41) is 0. The normalized spacial score (nSPS) is 13.5. The minimum atomic E-state index is -0.485. The summed E-state index contributed by atoms with van der Waals surface area (Å²) in [5.74, 6) is 0.591. The van der Waals surface area contributed by atoms with Crippen molar-refractivity contribution < 1.29 is 23.8 Å². The number of hydrogen-bond acceptors (Lipinski definition) is 5. The number of rotatable bonds is 4. The Labute approximate surface area is 145 Å². The number of carbonyl (C=O) groups is 2. The zero-order valence-corrected chi connectivity index (χ0v) is 14.2. The summed E-state index contributed by atoms with van der Waals surface area (Å²) in [6, 6.07) is 12.3. The molecule has 2 aromatic rings. The van der Waals surface area contributed by atoms with Crippen LogP contribution in [0.2, 0.25) is 0 Å². The van der Waals surface area contributed by atoms with Crippen LogP contribution < -0.4 is 9.47 Å². The lowest BCUT2D eigenvalue weighted by atomic mass is 10.1. The molecule has 0 N–H and O–H groups in total. The van der Waals surface area contributed by atoms with Gasteiger partial charge in [-0.25, -0.2) is 4.79 Å². The number of benzene rings is 2. The SMILES string of the molecule is COC(=O)c1ccc2c(c1)C(=O)N(Cc1ccc(OC)cc1)CCO2. The van der Waals surface area contributed by atoms with E-state index in [4.69, 9.17) is 14.2 Å². The van der Waals surface area contributed by atoms with Gasteiger partial charge in [0.2, 0.25) is 0 Å². The first kappa shape index (κ1) is 16.8. The molecular weight excluding hydrogens is 322 g/mol. The molecule has 0 saturated heterocycles. The second kappa shape index (κ2) is 7.25. The van der Waals surface area contributed by atoms with Gasteiger partial charge in [-0.1, -0.05) is 12.1 Å². The van der Waals surface area contributed by atoms with Gasteiger partial charge >= 0.3 is 5.97 Å². The van der Waals surface area contributed by atoms with Crippen molar-refractivity contribution in [2.24, 2.45) is 0 Å². The zero-order valence-electron chi connectivity index (χ0n) is 14.2. The van der Waals surface area contributed by atoms with E-state index < -0.39 is 5.97 Å². The summed E-state index contributed by atoms with van der Waals surface area (Å²) < 4.78 is 15.5. The third-order valence-electron chi connectivity index (χ3n) is 4.07. The third kappa shape index (κ3) is 3.57. The lowest BCUT2D eigenvalue weighted by Crippen LogP contribution is -2.31. The zero-order chi connectivity index (χ0) is 17.8. The fourth-order valence-corrected chi connectivity index (χ4v) is 2.71. The Hall–Kier alpha value is -3.02. The van der Waals surface area contributed by atoms with Gasteiger partial charge in [0.25, 0.3) is 5.91 Å². The molecule has 0 atom stereocenters. The van der Waals surface area contributed by atoms with Gasteiger partial charge in [-0.3, -0.25) is 4.79 Å². The quantitative estimate of drug-likeness (QED) is 0.800. The number of nitrogens with zero attached hydrogens (tertiary/aromatic N) is 1. The van der Waals surface area contributed by atoms with E-state index in [1.165, 1.54) is 13.2 Å².